The molecule has 3 amide bonds. The SMILES string of the molecule is CN1CCN(C(=O)C2CCCN(C3CCN(C(=O)C(N)=O)CC3)C2)CC1. The Morgan fingerprint density at radius 3 is 2.12 bits per heavy atom. The summed E-state index contributed by atoms with van der Waals surface area (Å²) in [6, 6.07) is 0.384. The van der Waals surface area contributed by atoms with E-state index in [1.165, 1.54) is 0 Å². The van der Waals surface area contributed by atoms with Crippen molar-refractivity contribution in [3.63, 3.8) is 0 Å². The molecule has 0 saturated carbocycles. The third kappa shape index (κ3) is 4.35. The second-order valence-corrected chi connectivity index (χ2v) is 7.85. The molecule has 2 N–H and O–H groups in total. The maximum Gasteiger partial charge on any atom is 0.311 e. The minimum absolute atomic E-state index is 0.0948. The summed E-state index contributed by atoms with van der Waals surface area (Å²) in [6.07, 6.45) is 3.70. The molecular formula is C18H31N5O3. The van der Waals surface area contributed by atoms with Crippen LogP contribution in [0.5, 0.6) is 0 Å². The fraction of sp³-hybridized carbons (Fsp3) is 0.833. The Balaban J connectivity index is 1.50. The number of rotatable bonds is 2. The van der Waals surface area contributed by atoms with E-state index in [2.05, 4.69) is 16.8 Å². The van der Waals surface area contributed by atoms with Crippen LogP contribution in [0.3, 0.4) is 0 Å². The van der Waals surface area contributed by atoms with E-state index in [0.29, 0.717) is 25.0 Å². The Kier molecular flexibility index (Phi) is 6.13. The monoisotopic (exact) mass is 365 g/mol. The largest absolute Gasteiger partial charge is 0.361 e. The second kappa shape index (κ2) is 8.35. The topological polar surface area (TPSA) is 90.2 Å². The molecule has 146 valence electrons. The van der Waals surface area contributed by atoms with Gasteiger partial charge in [0.2, 0.25) is 5.91 Å². The summed E-state index contributed by atoms with van der Waals surface area (Å²) in [4.78, 5) is 43.9. The number of carbonyl (C=O) groups excluding carboxylic acids is 3. The van der Waals surface area contributed by atoms with Gasteiger partial charge in [0.1, 0.15) is 0 Å². The van der Waals surface area contributed by atoms with E-state index >= 15 is 0 Å². The summed E-state index contributed by atoms with van der Waals surface area (Å²) in [5, 5.41) is 0. The smallest absolute Gasteiger partial charge is 0.311 e. The van der Waals surface area contributed by atoms with Gasteiger partial charge in [0.25, 0.3) is 0 Å². The van der Waals surface area contributed by atoms with E-state index in [9.17, 15) is 14.4 Å². The lowest BCUT2D eigenvalue weighted by atomic mass is 9.92. The van der Waals surface area contributed by atoms with Crippen molar-refractivity contribution in [1.29, 1.82) is 0 Å². The van der Waals surface area contributed by atoms with Crippen LogP contribution in [-0.4, -0.2) is 103 Å². The molecule has 0 radical (unpaired) electrons. The zero-order valence-corrected chi connectivity index (χ0v) is 15.7. The highest BCUT2D eigenvalue weighted by Crippen LogP contribution is 2.25. The van der Waals surface area contributed by atoms with Gasteiger partial charge < -0.3 is 20.4 Å². The van der Waals surface area contributed by atoms with Gasteiger partial charge in [-0.2, -0.15) is 0 Å². The molecule has 0 bridgehead atoms. The van der Waals surface area contributed by atoms with Gasteiger partial charge in [-0.05, 0) is 39.3 Å². The van der Waals surface area contributed by atoms with Crippen LogP contribution in [0, 0.1) is 5.92 Å². The van der Waals surface area contributed by atoms with Crippen molar-refractivity contribution >= 4 is 17.7 Å². The molecular weight excluding hydrogens is 334 g/mol. The molecule has 0 spiro atoms. The molecule has 3 aliphatic rings. The van der Waals surface area contributed by atoms with Gasteiger partial charge >= 0.3 is 11.8 Å². The average molecular weight is 365 g/mol. The number of amides is 3. The van der Waals surface area contributed by atoms with Crippen LogP contribution in [0.15, 0.2) is 0 Å². The van der Waals surface area contributed by atoms with Crippen molar-refractivity contribution < 1.29 is 14.4 Å². The quantitative estimate of drug-likeness (QED) is 0.631. The number of piperazine rings is 1. The average Bonchev–Trinajstić information content (AvgIpc) is 2.67. The van der Waals surface area contributed by atoms with Crippen LogP contribution >= 0.6 is 0 Å². The molecule has 8 heteroatoms. The first-order chi connectivity index (χ1) is 12.5. The maximum absolute atomic E-state index is 12.9. The number of piperidine rings is 2. The number of carbonyl (C=O) groups is 3. The Morgan fingerprint density at radius 2 is 1.50 bits per heavy atom. The molecule has 1 unspecified atom stereocenters. The molecule has 3 fully saturated rings. The van der Waals surface area contributed by atoms with Gasteiger partial charge in [0.05, 0.1) is 5.92 Å². The molecule has 3 rings (SSSR count). The molecule has 3 heterocycles. The van der Waals surface area contributed by atoms with Crippen molar-refractivity contribution in [3.8, 4) is 0 Å². The molecule has 0 aromatic heterocycles. The Morgan fingerprint density at radius 1 is 0.846 bits per heavy atom. The van der Waals surface area contributed by atoms with Crippen LogP contribution in [-0.2, 0) is 14.4 Å². The number of primary amides is 1. The highest BCUT2D eigenvalue weighted by atomic mass is 16.2. The molecule has 0 aromatic rings. The van der Waals surface area contributed by atoms with E-state index in [-0.39, 0.29) is 5.92 Å². The molecule has 3 aliphatic heterocycles. The van der Waals surface area contributed by atoms with E-state index in [4.69, 9.17) is 5.73 Å². The van der Waals surface area contributed by atoms with Crippen LogP contribution in [0.4, 0.5) is 0 Å². The van der Waals surface area contributed by atoms with Crippen molar-refractivity contribution in [1.82, 2.24) is 19.6 Å². The highest BCUT2D eigenvalue weighted by molar-refractivity contribution is 6.34. The van der Waals surface area contributed by atoms with Gasteiger partial charge in [-0.15, -0.1) is 0 Å². The molecule has 26 heavy (non-hydrogen) atoms. The van der Waals surface area contributed by atoms with Gasteiger partial charge in [-0.25, -0.2) is 0 Å². The minimum atomic E-state index is -0.876. The van der Waals surface area contributed by atoms with E-state index in [1.54, 1.807) is 4.90 Å². The predicted octanol–water partition coefficient (Wildman–Crippen LogP) is -1.05. The highest BCUT2D eigenvalue weighted by Gasteiger charge is 2.35. The second-order valence-electron chi connectivity index (χ2n) is 7.85. The third-order valence-electron chi connectivity index (χ3n) is 6.10. The summed E-state index contributed by atoms with van der Waals surface area (Å²) in [5.41, 5.74) is 5.09. The predicted molar refractivity (Wildman–Crippen MR) is 97.2 cm³/mol. The molecule has 0 aromatic carbocycles. The first-order valence-electron chi connectivity index (χ1n) is 9.76. The first-order valence-corrected chi connectivity index (χ1v) is 9.76. The van der Waals surface area contributed by atoms with E-state index < -0.39 is 11.8 Å². The Labute approximate surface area is 155 Å². The lowest BCUT2D eigenvalue weighted by Gasteiger charge is -2.43. The van der Waals surface area contributed by atoms with Gasteiger partial charge in [-0.3, -0.25) is 19.3 Å². The normalized spacial score (nSPS) is 26.7. The van der Waals surface area contributed by atoms with Crippen LogP contribution in [0.2, 0.25) is 0 Å². The third-order valence-corrected chi connectivity index (χ3v) is 6.10. The standard InChI is InChI=1S/C18H31N5O3/c1-20-9-11-22(12-10-20)17(25)14-3-2-6-23(13-14)15-4-7-21(8-5-15)18(26)16(19)24/h14-15H,2-13H2,1H3,(H2,19,24). The molecule has 3 saturated heterocycles. The zero-order chi connectivity index (χ0) is 18.7. The van der Waals surface area contributed by atoms with E-state index in [1.807, 2.05) is 4.90 Å². The number of likely N-dealkylation sites (N-methyl/N-ethyl adjacent to an activating group) is 1. The number of likely N-dealkylation sites (tertiary alicyclic amines) is 2. The summed E-state index contributed by atoms with van der Waals surface area (Å²) in [5.74, 6) is -1.05. The first kappa shape index (κ1) is 19.1. The van der Waals surface area contributed by atoms with Crippen LogP contribution in [0.25, 0.3) is 0 Å². The lowest BCUT2D eigenvalue weighted by molar-refractivity contribution is -0.145. The summed E-state index contributed by atoms with van der Waals surface area (Å²) in [6.45, 7) is 6.54. The minimum Gasteiger partial charge on any atom is -0.361 e. The number of hydrogen-bond donors (Lipinski definition) is 1. The molecule has 1 atom stereocenters. The fourth-order valence-corrected chi connectivity index (χ4v) is 4.41. The van der Waals surface area contributed by atoms with Gasteiger partial charge in [0.15, 0.2) is 0 Å². The Hall–Kier alpha value is -1.67. The van der Waals surface area contributed by atoms with Crippen molar-refractivity contribution in [2.45, 2.75) is 31.7 Å². The van der Waals surface area contributed by atoms with Gasteiger partial charge in [0, 0.05) is 51.9 Å². The molecule has 8 nitrogen and oxygen atoms in total. The molecule has 0 aliphatic carbocycles. The van der Waals surface area contributed by atoms with E-state index in [0.717, 1.165) is 65.0 Å². The number of nitrogens with two attached hydrogens (primary N) is 1. The fourth-order valence-electron chi connectivity index (χ4n) is 4.41. The zero-order valence-electron chi connectivity index (χ0n) is 15.7. The van der Waals surface area contributed by atoms with Crippen LogP contribution < -0.4 is 5.73 Å². The Bertz CT molecular complexity index is 539. The summed E-state index contributed by atoms with van der Waals surface area (Å²) in [7, 11) is 2.10. The van der Waals surface area contributed by atoms with Crippen molar-refractivity contribution in [2.24, 2.45) is 11.7 Å². The maximum atomic E-state index is 12.9. The lowest BCUT2D eigenvalue weighted by Crippen LogP contribution is -2.54. The summed E-state index contributed by atoms with van der Waals surface area (Å²) < 4.78 is 0. The van der Waals surface area contributed by atoms with Crippen LogP contribution in [0.1, 0.15) is 25.7 Å². The summed E-state index contributed by atoms with van der Waals surface area (Å²) >= 11 is 0. The number of nitrogens with zero attached hydrogens (tertiary/aromatic N) is 4. The number of hydrogen-bond acceptors (Lipinski definition) is 5. The van der Waals surface area contributed by atoms with Crippen molar-refractivity contribution in [3.05, 3.63) is 0 Å². The van der Waals surface area contributed by atoms with Crippen molar-refractivity contribution in [2.75, 3.05) is 59.4 Å². The van der Waals surface area contributed by atoms with Gasteiger partial charge in [-0.1, -0.05) is 0 Å².